The Bertz CT molecular complexity index is 941. The van der Waals surface area contributed by atoms with E-state index in [2.05, 4.69) is 26.3 Å². The second-order valence-corrected chi connectivity index (χ2v) is 7.77. The lowest BCUT2D eigenvalue weighted by atomic mass is 9.92. The van der Waals surface area contributed by atoms with Crippen LogP contribution in [0.2, 0.25) is 0 Å². The summed E-state index contributed by atoms with van der Waals surface area (Å²) in [6, 6.07) is 12.6. The van der Waals surface area contributed by atoms with E-state index in [9.17, 15) is 14.4 Å². The minimum Gasteiger partial charge on any atom is -0.353 e. The van der Waals surface area contributed by atoms with Gasteiger partial charge in [-0.15, -0.1) is 0 Å². The van der Waals surface area contributed by atoms with Crippen LogP contribution in [0, 0.1) is 0 Å². The van der Waals surface area contributed by atoms with Crippen molar-refractivity contribution < 1.29 is 14.4 Å². The average Bonchev–Trinajstić information content (AvgIpc) is 3.38. The van der Waals surface area contributed by atoms with Crippen LogP contribution in [0.3, 0.4) is 0 Å². The van der Waals surface area contributed by atoms with Gasteiger partial charge in [-0.25, -0.2) is 4.79 Å². The molecule has 8 heteroatoms. The minimum atomic E-state index is -1.20. The summed E-state index contributed by atoms with van der Waals surface area (Å²) >= 11 is 0. The number of nitrogens with one attached hydrogen (secondary N) is 2. The summed E-state index contributed by atoms with van der Waals surface area (Å²) in [5, 5.41) is 3.48. The molecule has 1 aromatic carbocycles. The van der Waals surface area contributed by atoms with Gasteiger partial charge in [0, 0.05) is 18.9 Å². The van der Waals surface area contributed by atoms with Crippen LogP contribution in [0.25, 0.3) is 0 Å². The van der Waals surface area contributed by atoms with Crippen molar-refractivity contribution in [2.45, 2.75) is 31.3 Å². The lowest BCUT2D eigenvalue weighted by molar-refractivity contribution is -0.139. The Morgan fingerprint density at radius 2 is 1.97 bits per heavy atom. The topological polar surface area (TPSA) is 86.7 Å². The van der Waals surface area contributed by atoms with Crippen LogP contribution >= 0.6 is 0 Å². The van der Waals surface area contributed by atoms with E-state index >= 15 is 0 Å². The van der Waals surface area contributed by atoms with Crippen LogP contribution in [0.15, 0.2) is 48.7 Å². The number of likely N-dealkylation sites (tertiary alicyclic amines) is 1. The highest BCUT2D eigenvalue weighted by atomic mass is 16.2. The summed E-state index contributed by atoms with van der Waals surface area (Å²) in [6.07, 6.45) is 3.96. The number of nitrogens with zero attached hydrogens (tertiary/aromatic N) is 3. The predicted molar refractivity (Wildman–Crippen MR) is 106 cm³/mol. The van der Waals surface area contributed by atoms with Crippen LogP contribution < -0.4 is 10.7 Å². The molecule has 3 heterocycles. The molecule has 0 radical (unpaired) electrons. The first-order valence-electron chi connectivity index (χ1n) is 9.77. The number of aryl methyl sites for hydroxylation is 1. The largest absolute Gasteiger partial charge is 0.353 e. The monoisotopic (exact) mass is 395 g/mol. The van der Waals surface area contributed by atoms with E-state index in [4.69, 9.17) is 0 Å². The molecule has 2 aliphatic heterocycles. The van der Waals surface area contributed by atoms with Gasteiger partial charge >= 0.3 is 6.03 Å². The summed E-state index contributed by atoms with van der Waals surface area (Å²) in [6.45, 7) is 2.56. The minimum absolute atomic E-state index is 0.120. The van der Waals surface area contributed by atoms with Gasteiger partial charge in [0.25, 0.3) is 11.8 Å². The molecule has 29 heavy (non-hydrogen) atoms. The van der Waals surface area contributed by atoms with E-state index in [1.54, 1.807) is 31.2 Å². The van der Waals surface area contributed by atoms with Gasteiger partial charge in [0.2, 0.25) is 0 Å². The fraction of sp³-hybridized carbons (Fsp3) is 0.381. The third kappa shape index (κ3) is 3.40. The van der Waals surface area contributed by atoms with E-state index in [-0.39, 0.29) is 18.5 Å². The van der Waals surface area contributed by atoms with E-state index in [1.165, 1.54) is 0 Å². The molecule has 2 fully saturated rings. The van der Waals surface area contributed by atoms with Crippen LogP contribution in [0.4, 0.5) is 4.79 Å². The Morgan fingerprint density at radius 3 is 2.66 bits per heavy atom. The van der Waals surface area contributed by atoms with Crippen molar-refractivity contribution in [1.29, 1.82) is 0 Å². The first-order chi connectivity index (χ1) is 13.9. The quantitative estimate of drug-likeness (QED) is 0.754. The molecular formula is C21H25N5O3. The molecule has 8 nitrogen and oxygen atoms in total. The van der Waals surface area contributed by atoms with Crippen molar-refractivity contribution >= 4 is 17.8 Å². The normalized spacial score (nSPS) is 24.8. The standard InChI is InChI=1S/C21H25N5O3/c1-21(15-8-4-3-5-9-15)19(28)26(20(29)22-21)23-18(27)14-25-13-7-11-17(25)16-10-6-12-24(16)2/h3-6,8-10,12,17H,7,11,13-14H2,1-2H3,(H,22,29)(H,23,27). The molecule has 2 N–H and O–H groups in total. The second kappa shape index (κ2) is 7.36. The third-order valence-electron chi connectivity index (χ3n) is 5.81. The third-order valence-corrected chi connectivity index (χ3v) is 5.81. The predicted octanol–water partition coefficient (Wildman–Crippen LogP) is 1.66. The molecule has 2 unspecified atom stereocenters. The van der Waals surface area contributed by atoms with Gasteiger partial charge < -0.3 is 9.88 Å². The zero-order valence-corrected chi connectivity index (χ0v) is 16.6. The summed E-state index contributed by atoms with van der Waals surface area (Å²) in [5.74, 6) is -0.880. The fourth-order valence-electron chi connectivity index (χ4n) is 4.22. The van der Waals surface area contributed by atoms with Crippen molar-refractivity contribution in [2.24, 2.45) is 7.05 Å². The zero-order chi connectivity index (χ0) is 20.6. The number of hydrazine groups is 1. The van der Waals surface area contributed by atoms with E-state index in [1.807, 2.05) is 25.4 Å². The Balaban J connectivity index is 1.44. The van der Waals surface area contributed by atoms with Gasteiger partial charge in [-0.1, -0.05) is 30.3 Å². The number of carbonyl (C=O) groups is 3. The number of carbonyl (C=O) groups excluding carboxylic acids is 3. The van der Waals surface area contributed by atoms with Crippen LogP contribution in [0.1, 0.15) is 37.1 Å². The number of rotatable bonds is 5. The van der Waals surface area contributed by atoms with Crippen molar-refractivity contribution in [1.82, 2.24) is 25.2 Å². The van der Waals surface area contributed by atoms with E-state index in [0.29, 0.717) is 5.56 Å². The van der Waals surface area contributed by atoms with Crippen molar-refractivity contribution in [2.75, 3.05) is 13.1 Å². The van der Waals surface area contributed by atoms with Gasteiger partial charge in [0.15, 0.2) is 0 Å². The maximum atomic E-state index is 12.9. The zero-order valence-electron chi connectivity index (χ0n) is 16.6. The Labute approximate surface area is 169 Å². The number of amides is 4. The molecule has 4 rings (SSSR count). The number of urea groups is 1. The maximum Gasteiger partial charge on any atom is 0.344 e. The van der Waals surface area contributed by atoms with E-state index < -0.39 is 17.5 Å². The van der Waals surface area contributed by atoms with Gasteiger partial charge in [-0.2, -0.15) is 5.01 Å². The summed E-state index contributed by atoms with van der Waals surface area (Å²) in [7, 11) is 1.99. The summed E-state index contributed by atoms with van der Waals surface area (Å²) in [4.78, 5) is 40.1. The highest BCUT2D eigenvalue weighted by Crippen LogP contribution is 2.31. The van der Waals surface area contributed by atoms with Crippen molar-refractivity contribution in [3.05, 3.63) is 59.9 Å². The maximum absolute atomic E-state index is 12.9. The lowest BCUT2D eigenvalue weighted by Gasteiger charge is -2.26. The van der Waals surface area contributed by atoms with Crippen molar-refractivity contribution in [3.63, 3.8) is 0 Å². The number of benzene rings is 1. The number of aromatic nitrogens is 1. The molecule has 2 aliphatic rings. The lowest BCUT2D eigenvalue weighted by Crippen LogP contribution is -2.50. The number of imide groups is 1. The fourth-order valence-corrected chi connectivity index (χ4v) is 4.22. The Morgan fingerprint density at radius 1 is 1.21 bits per heavy atom. The highest BCUT2D eigenvalue weighted by molar-refractivity contribution is 6.08. The Hall–Kier alpha value is -3.13. The van der Waals surface area contributed by atoms with Gasteiger partial charge in [-0.05, 0) is 44.0 Å². The molecule has 0 aliphatic carbocycles. The molecule has 2 saturated heterocycles. The van der Waals surface area contributed by atoms with Crippen molar-refractivity contribution in [3.8, 4) is 0 Å². The first kappa shape index (κ1) is 19.2. The summed E-state index contributed by atoms with van der Waals surface area (Å²) in [5.41, 5.74) is 3.11. The van der Waals surface area contributed by atoms with Crippen LogP contribution in [-0.4, -0.2) is 45.4 Å². The molecule has 2 atom stereocenters. The molecule has 0 saturated carbocycles. The Kier molecular flexibility index (Phi) is 4.87. The number of hydrogen-bond donors (Lipinski definition) is 2. The molecule has 4 amide bonds. The first-order valence-corrected chi connectivity index (χ1v) is 9.77. The summed E-state index contributed by atoms with van der Waals surface area (Å²) < 4.78 is 2.06. The van der Waals surface area contributed by atoms with Crippen LogP contribution in [-0.2, 0) is 22.2 Å². The molecule has 2 aromatic rings. The highest BCUT2D eigenvalue weighted by Gasteiger charge is 2.50. The molecule has 152 valence electrons. The molecule has 0 spiro atoms. The molecule has 0 bridgehead atoms. The number of hydrogen-bond acceptors (Lipinski definition) is 4. The SMILES string of the molecule is Cn1cccc1C1CCCN1CC(=O)NN1C(=O)NC(C)(c2ccccc2)C1=O. The van der Waals surface area contributed by atoms with Crippen LogP contribution in [0.5, 0.6) is 0 Å². The molecular weight excluding hydrogens is 370 g/mol. The second-order valence-electron chi connectivity index (χ2n) is 7.77. The van der Waals surface area contributed by atoms with Gasteiger partial charge in [-0.3, -0.25) is 19.9 Å². The smallest absolute Gasteiger partial charge is 0.344 e. The van der Waals surface area contributed by atoms with Gasteiger partial charge in [0.05, 0.1) is 12.6 Å². The van der Waals surface area contributed by atoms with Gasteiger partial charge in [0.1, 0.15) is 5.54 Å². The molecule has 1 aromatic heterocycles. The van der Waals surface area contributed by atoms with E-state index in [0.717, 1.165) is 30.1 Å². The average molecular weight is 395 g/mol.